The Bertz CT molecular complexity index is 307. The monoisotopic (exact) mass is 378 g/mol. The van der Waals surface area contributed by atoms with Gasteiger partial charge in [0.1, 0.15) is 0 Å². The summed E-state index contributed by atoms with van der Waals surface area (Å²) in [6.45, 7) is 0. The molecule has 2 atom stereocenters. The fraction of sp³-hybridized carbons (Fsp3) is 1.00. The molecule has 2 unspecified atom stereocenters. The molecule has 0 aliphatic heterocycles. The van der Waals surface area contributed by atoms with Crippen LogP contribution < -0.4 is 0 Å². The van der Waals surface area contributed by atoms with Crippen LogP contribution in [-0.2, 0) is 4.74 Å². The average molecular weight is 379 g/mol. The molecule has 0 aliphatic carbocycles. The van der Waals surface area contributed by atoms with E-state index >= 15 is 0 Å². The molecule has 1 nitrogen and oxygen atoms in total. The van der Waals surface area contributed by atoms with Gasteiger partial charge in [0.25, 0.3) is 11.8 Å². The van der Waals surface area contributed by atoms with Gasteiger partial charge in [-0.15, -0.1) is 23.2 Å². The van der Waals surface area contributed by atoms with Crippen LogP contribution in [0.2, 0.25) is 0 Å². The molecule has 21 heavy (non-hydrogen) atoms. The van der Waals surface area contributed by atoms with Crippen molar-refractivity contribution in [2.24, 2.45) is 0 Å². The van der Waals surface area contributed by atoms with Crippen LogP contribution in [0.3, 0.4) is 0 Å². The molecular weight excluding hydrogens is 373 g/mol. The van der Waals surface area contributed by atoms with E-state index in [0.29, 0.717) is 0 Å². The van der Waals surface area contributed by atoms with E-state index in [-0.39, 0.29) is 0 Å². The highest BCUT2D eigenvalue weighted by atomic mass is 35.5. The van der Waals surface area contributed by atoms with Gasteiger partial charge in [0.15, 0.2) is 0 Å². The summed E-state index contributed by atoms with van der Waals surface area (Å²) in [6.07, 6.45) is -21.1. The van der Waals surface area contributed by atoms with Crippen molar-refractivity contribution in [3.05, 3.63) is 0 Å². The minimum absolute atomic E-state index is 2.09. The molecule has 128 valence electrons. The molecule has 0 aliphatic rings. The Kier molecular flexibility index (Phi) is 6.48. The zero-order chi connectivity index (χ0) is 17.3. The zero-order valence-corrected chi connectivity index (χ0v) is 11.0. The molecule has 0 rings (SSSR count). The van der Waals surface area contributed by atoms with E-state index in [1.165, 1.54) is 0 Å². The maximum atomic E-state index is 12.9. The molecule has 0 N–H and O–H groups in total. The van der Waals surface area contributed by atoms with Crippen LogP contribution in [0.15, 0.2) is 0 Å². The second-order valence-electron chi connectivity index (χ2n) is 3.77. The Hall–Kier alpha value is -0.160. The maximum absolute atomic E-state index is 12.9. The van der Waals surface area contributed by atoms with E-state index < -0.39 is 48.2 Å². The van der Waals surface area contributed by atoms with Crippen LogP contribution in [0.25, 0.3) is 0 Å². The van der Waals surface area contributed by atoms with Crippen molar-refractivity contribution in [2.75, 3.05) is 11.8 Å². The third-order valence-corrected chi connectivity index (χ3v) is 2.70. The third-order valence-electron chi connectivity index (χ3n) is 1.99. The van der Waals surface area contributed by atoms with Crippen molar-refractivity contribution >= 4 is 23.2 Å². The zero-order valence-electron chi connectivity index (χ0n) is 9.51. The molecule has 0 radical (unpaired) electrons. The summed E-state index contributed by atoms with van der Waals surface area (Å²) in [4.78, 5) is 0. The van der Waals surface area contributed by atoms with Crippen LogP contribution in [0.1, 0.15) is 0 Å². The van der Waals surface area contributed by atoms with Gasteiger partial charge < -0.3 is 4.74 Å². The summed E-state index contributed by atoms with van der Waals surface area (Å²) >= 11 is 9.03. The lowest BCUT2D eigenvalue weighted by Crippen LogP contribution is -2.57. The number of hydrogen-bond acceptors (Lipinski definition) is 1. The molecule has 0 spiro atoms. The Balaban J connectivity index is 5.66. The number of alkyl halides is 12. The molecule has 0 aromatic heterocycles. The second kappa shape index (κ2) is 6.53. The van der Waals surface area contributed by atoms with Gasteiger partial charge in [-0.1, -0.05) is 0 Å². The molecule has 0 aromatic carbocycles. The van der Waals surface area contributed by atoms with Gasteiger partial charge in [-0.3, -0.25) is 0 Å². The van der Waals surface area contributed by atoms with E-state index in [0.717, 1.165) is 0 Å². The minimum Gasteiger partial charge on any atom is -0.344 e. The SMILES string of the molecule is FC(F)(F)C(OC(C(F)(F)F)C(F)(F)CCl)C(F)(F)CCl. The molecular formula is C8H6Cl2F10O. The lowest BCUT2D eigenvalue weighted by molar-refractivity contribution is -0.351. The van der Waals surface area contributed by atoms with Gasteiger partial charge in [-0.2, -0.15) is 26.3 Å². The highest BCUT2D eigenvalue weighted by Crippen LogP contribution is 2.42. The lowest BCUT2D eigenvalue weighted by Gasteiger charge is -2.34. The van der Waals surface area contributed by atoms with E-state index in [9.17, 15) is 43.9 Å². The standard InChI is InChI=1S/C8H6Cl2F10O/c9-1-5(11,12)3(7(15,16)17)21-4(8(18,19)20)6(13,14)2-10/h3-4H,1-2H2. The van der Waals surface area contributed by atoms with E-state index in [4.69, 9.17) is 0 Å². The first-order chi connectivity index (χ1) is 9.09. The topological polar surface area (TPSA) is 9.23 Å². The van der Waals surface area contributed by atoms with Crippen molar-refractivity contribution in [1.82, 2.24) is 0 Å². The van der Waals surface area contributed by atoms with Gasteiger partial charge in [0, 0.05) is 0 Å². The minimum atomic E-state index is -6.07. The first kappa shape index (κ1) is 20.8. The molecule has 0 fully saturated rings. The fourth-order valence-corrected chi connectivity index (χ4v) is 1.39. The lowest BCUT2D eigenvalue weighted by atomic mass is 10.1. The van der Waals surface area contributed by atoms with E-state index in [1.807, 2.05) is 0 Å². The fourth-order valence-electron chi connectivity index (χ4n) is 1.11. The molecule has 0 aromatic rings. The summed E-state index contributed by atoms with van der Waals surface area (Å²) in [6, 6.07) is 0. The van der Waals surface area contributed by atoms with Crippen LogP contribution >= 0.6 is 23.2 Å². The Morgan fingerprint density at radius 1 is 0.619 bits per heavy atom. The highest BCUT2D eigenvalue weighted by Gasteiger charge is 2.64. The summed E-state index contributed by atoms with van der Waals surface area (Å²) in [5, 5.41) is 0. The van der Waals surface area contributed by atoms with E-state index in [1.54, 1.807) is 0 Å². The maximum Gasteiger partial charge on any atom is 0.420 e. The van der Waals surface area contributed by atoms with Gasteiger partial charge in [-0.05, 0) is 0 Å². The Morgan fingerprint density at radius 2 is 0.857 bits per heavy atom. The number of halogens is 12. The van der Waals surface area contributed by atoms with Gasteiger partial charge in [0.2, 0.25) is 12.2 Å². The van der Waals surface area contributed by atoms with Crippen LogP contribution in [0, 0.1) is 0 Å². The summed E-state index contributed by atoms with van der Waals surface area (Å²) in [7, 11) is 0. The van der Waals surface area contributed by atoms with Crippen molar-refractivity contribution in [3.63, 3.8) is 0 Å². The highest BCUT2D eigenvalue weighted by molar-refractivity contribution is 6.18. The smallest absolute Gasteiger partial charge is 0.344 e. The van der Waals surface area contributed by atoms with E-state index in [2.05, 4.69) is 27.9 Å². The van der Waals surface area contributed by atoms with Crippen LogP contribution in [0.5, 0.6) is 0 Å². The summed E-state index contributed by atoms with van der Waals surface area (Å²) in [5.41, 5.74) is 0. The summed E-state index contributed by atoms with van der Waals surface area (Å²) in [5.74, 6) is -14.3. The van der Waals surface area contributed by atoms with Crippen molar-refractivity contribution in [1.29, 1.82) is 0 Å². The van der Waals surface area contributed by atoms with Crippen molar-refractivity contribution in [3.8, 4) is 0 Å². The number of ether oxygens (including phenoxy) is 1. The number of hydrogen-bond donors (Lipinski definition) is 0. The molecule has 0 amide bonds. The van der Waals surface area contributed by atoms with Crippen LogP contribution in [-0.4, -0.2) is 48.2 Å². The van der Waals surface area contributed by atoms with Gasteiger partial charge >= 0.3 is 12.4 Å². The Labute approximate surface area is 121 Å². The Morgan fingerprint density at radius 3 is 1.00 bits per heavy atom. The second-order valence-corrected chi connectivity index (χ2v) is 4.30. The quantitative estimate of drug-likeness (QED) is 0.484. The van der Waals surface area contributed by atoms with Crippen molar-refractivity contribution in [2.45, 2.75) is 36.4 Å². The normalized spacial score (nSPS) is 17.7. The molecule has 0 heterocycles. The number of rotatable bonds is 6. The molecule has 13 heteroatoms. The predicted octanol–water partition coefficient (Wildman–Crippen LogP) is 4.61. The first-order valence-electron chi connectivity index (χ1n) is 4.76. The molecule has 0 saturated heterocycles. The molecule has 0 bridgehead atoms. The predicted molar refractivity (Wildman–Crippen MR) is 52.1 cm³/mol. The first-order valence-corrected chi connectivity index (χ1v) is 5.83. The summed E-state index contributed by atoms with van der Waals surface area (Å²) < 4.78 is 129. The third kappa shape index (κ3) is 5.51. The largest absolute Gasteiger partial charge is 0.420 e. The van der Waals surface area contributed by atoms with Crippen LogP contribution in [0.4, 0.5) is 43.9 Å². The average Bonchev–Trinajstić information content (AvgIpc) is 2.25. The molecule has 0 saturated carbocycles. The van der Waals surface area contributed by atoms with Gasteiger partial charge in [0.05, 0.1) is 11.8 Å². The van der Waals surface area contributed by atoms with Crippen molar-refractivity contribution < 1.29 is 48.6 Å². The van der Waals surface area contributed by atoms with Gasteiger partial charge in [-0.25, -0.2) is 17.6 Å².